The van der Waals surface area contributed by atoms with Gasteiger partial charge in [-0.05, 0) is 78.8 Å². The van der Waals surface area contributed by atoms with Gasteiger partial charge in [0.15, 0.2) is 5.82 Å². The number of hydrogen-bond donors (Lipinski definition) is 6. The summed E-state index contributed by atoms with van der Waals surface area (Å²) in [6, 6.07) is 13.2. The normalized spacial score (nSPS) is 14.6. The molecule has 3 amide bonds. The van der Waals surface area contributed by atoms with Crippen molar-refractivity contribution >= 4 is 70.0 Å². The topological polar surface area (TPSA) is 199 Å². The fraction of sp³-hybridized carbons (Fsp3) is 0.265. The number of rotatable bonds is 4. The highest BCUT2D eigenvalue weighted by Crippen LogP contribution is 2.30. The monoisotopic (exact) mass is 814 g/mol. The number of pyridine rings is 1. The molecule has 0 saturated carbocycles. The molecule has 1 saturated heterocycles. The summed E-state index contributed by atoms with van der Waals surface area (Å²) in [5.41, 5.74) is 4.61. The maximum Gasteiger partial charge on any atom is 0.490 e. The van der Waals surface area contributed by atoms with Crippen LogP contribution in [-0.2, 0) is 27.2 Å². The molecule has 6 N–H and O–H groups in total. The number of fused-ring (bicyclic) bond motifs is 6. The molecule has 298 valence electrons. The maximum atomic E-state index is 13.5. The second kappa shape index (κ2) is 18.4. The predicted molar refractivity (Wildman–Crippen MR) is 187 cm³/mol. The van der Waals surface area contributed by atoms with Gasteiger partial charge in [-0.2, -0.15) is 31.3 Å². The Kier molecular flexibility index (Phi) is 14.0. The van der Waals surface area contributed by atoms with E-state index >= 15 is 0 Å². The third kappa shape index (κ3) is 13.0. The number of benzene rings is 2. The molecule has 14 nitrogen and oxygen atoms in total. The molecule has 56 heavy (non-hydrogen) atoms. The van der Waals surface area contributed by atoms with E-state index < -0.39 is 30.1 Å². The zero-order valence-electron chi connectivity index (χ0n) is 28.5. The predicted octanol–water partition coefficient (Wildman–Crippen LogP) is 7.40. The van der Waals surface area contributed by atoms with E-state index in [9.17, 15) is 40.3 Å². The summed E-state index contributed by atoms with van der Waals surface area (Å²) in [4.78, 5) is 58.3. The lowest BCUT2D eigenvalue weighted by Gasteiger charge is -2.18. The molecule has 0 radical (unpaired) electrons. The summed E-state index contributed by atoms with van der Waals surface area (Å²) < 4.78 is 76.9. The number of carbonyl (C=O) groups is 4. The smallest absolute Gasteiger partial charge is 0.475 e. The summed E-state index contributed by atoms with van der Waals surface area (Å²) >= 11 is 6.36. The van der Waals surface area contributed by atoms with Crippen molar-refractivity contribution in [2.24, 2.45) is 5.92 Å². The molecule has 6 bridgehead atoms. The molecule has 22 heteroatoms. The molecule has 4 heterocycles. The lowest BCUT2D eigenvalue weighted by molar-refractivity contribution is -0.193. The van der Waals surface area contributed by atoms with Crippen molar-refractivity contribution in [2.45, 2.75) is 38.0 Å². The van der Waals surface area contributed by atoms with E-state index in [1.165, 1.54) is 18.3 Å². The molecular formula is C34H30ClF7N8O6. The van der Waals surface area contributed by atoms with Crippen LogP contribution in [0.4, 0.5) is 70.0 Å². The Morgan fingerprint density at radius 2 is 1.57 bits per heavy atom. The van der Waals surface area contributed by atoms with Gasteiger partial charge in [0.1, 0.15) is 10.8 Å². The van der Waals surface area contributed by atoms with Crippen molar-refractivity contribution < 1.29 is 60.1 Å². The molecule has 1 fully saturated rings. The standard InChI is InChI=1S/C30H28ClFN8O2.2C2HF3O2/c31-25-16-34-29-36-24-10-18(14-33-15-24)4-5-20-12-23(35-28(25)39-29)6-7-26(20)38-27(41)11-19-8-9-40(17-19)30(42)37-22-3-1-2-21(32)13-22;2*3-2(4,5)1(6)7/h1-3,6-7,10,12-16,19H,4-5,8-9,11,17H2,(H,37,42)(H,38,41)(H2,34,35,36,39);2*(H,6,7)/t19-;;/m1../s1. The van der Waals surface area contributed by atoms with Crippen LogP contribution >= 0.6 is 11.6 Å². The van der Waals surface area contributed by atoms with Crippen LogP contribution in [-0.4, -0.2) is 79.4 Å². The lowest BCUT2D eigenvalue weighted by atomic mass is 10.0. The van der Waals surface area contributed by atoms with Gasteiger partial charge in [0.25, 0.3) is 0 Å². The molecule has 2 aliphatic heterocycles. The number of urea groups is 1. The van der Waals surface area contributed by atoms with Crippen LogP contribution in [0.15, 0.2) is 67.1 Å². The molecule has 2 aliphatic rings. The van der Waals surface area contributed by atoms with Gasteiger partial charge in [-0.1, -0.05) is 17.7 Å². The molecule has 0 unspecified atom stereocenters. The van der Waals surface area contributed by atoms with Gasteiger partial charge < -0.3 is 36.4 Å². The molecule has 4 aromatic rings. The first-order valence-electron chi connectivity index (χ1n) is 16.1. The zero-order chi connectivity index (χ0) is 41.2. The van der Waals surface area contributed by atoms with Crippen LogP contribution in [0.25, 0.3) is 0 Å². The van der Waals surface area contributed by atoms with Gasteiger partial charge in [-0.15, -0.1) is 0 Å². The summed E-state index contributed by atoms with van der Waals surface area (Å²) in [5, 5.41) is 26.9. The minimum absolute atomic E-state index is 0.0182. The van der Waals surface area contributed by atoms with Crippen molar-refractivity contribution in [1.82, 2.24) is 19.9 Å². The highest BCUT2D eigenvalue weighted by molar-refractivity contribution is 6.32. The lowest BCUT2D eigenvalue weighted by Crippen LogP contribution is -2.33. The van der Waals surface area contributed by atoms with Crippen molar-refractivity contribution in [2.75, 3.05) is 34.4 Å². The van der Waals surface area contributed by atoms with E-state index in [1.54, 1.807) is 23.2 Å². The average molecular weight is 815 g/mol. The summed E-state index contributed by atoms with van der Waals surface area (Å²) in [6.07, 6.45) is -2.78. The number of likely N-dealkylation sites (tertiary alicyclic amines) is 1. The largest absolute Gasteiger partial charge is 0.490 e. The molecule has 1 atom stereocenters. The van der Waals surface area contributed by atoms with E-state index in [-0.39, 0.29) is 24.3 Å². The number of aryl methyl sites for hydroxylation is 2. The molecule has 0 aliphatic carbocycles. The fourth-order valence-electron chi connectivity index (χ4n) is 5.17. The highest BCUT2D eigenvalue weighted by atomic mass is 35.5. The Morgan fingerprint density at radius 1 is 0.875 bits per heavy atom. The zero-order valence-corrected chi connectivity index (χ0v) is 29.3. The Labute approximate surface area is 317 Å². The third-order valence-electron chi connectivity index (χ3n) is 7.73. The molecular weight excluding hydrogens is 785 g/mol. The third-order valence-corrected chi connectivity index (χ3v) is 8.00. The van der Waals surface area contributed by atoms with Crippen LogP contribution in [0, 0.1) is 11.7 Å². The van der Waals surface area contributed by atoms with Crippen LogP contribution in [0.5, 0.6) is 0 Å². The Hall–Kier alpha value is -6.25. The number of aliphatic carboxylic acids is 2. The quantitative estimate of drug-likeness (QED) is 0.112. The van der Waals surface area contributed by atoms with Crippen LogP contribution in [0.3, 0.4) is 0 Å². The van der Waals surface area contributed by atoms with Crippen LogP contribution < -0.4 is 21.3 Å². The number of aromatic nitrogens is 3. The van der Waals surface area contributed by atoms with E-state index in [0.717, 1.165) is 28.2 Å². The molecule has 2 aromatic carbocycles. The summed E-state index contributed by atoms with van der Waals surface area (Å²) in [5.74, 6) is -5.19. The number of carbonyl (C=O) groups excluding carboxylic acids is 2. The molecule has 2 aromatic heterocycles. The number of carboxylic acid groups (broad SMARTS) is 2. The van der Waals surface area contributed by atoms with E-state index in [0.29, 0.717) is 54.8 Å². The van der Waals surface area contributed by atoms with Crippen molar-refractivity contribution in [3.8, 4) is 0 Å². The number of anilines is 6. The molecule has 0 spiro atoms. The number of amides is 3. The van der Waals surface area contributed by atoms with Crippen LogP contribution in [0.2, 0.25) is 5.02 Å². The number of alkyl halides is 6. The number of carboxylic acids is 2. The number of halogens is 8. The first-order chi connectivity index (χ1) is 26.3. The SMILES string of the molecule is O=C(C[C@H]1CCN(C(=O)Nc2cccc(F)c2)C1)Nc1ccc2cc1CCc1cncc(c1)Nc1ncc(Cl)c(n1)N2.O=C(O)C(F)(F)F.O=C(O)C(F)(F)F. The Morgan fingerprint density at radius 3 is 2.23 bits per heavy atom. The van der Waals surface area contributed by atoms with Crippen molar-refractivity contribution in [3.63, 3.8) is 0 Å². The van der Waals surface area contributed by atoms with E-state index in [4.69, 9.17) is 31.4 Å². The van der Waals surface area contributed by atoms with Gasteiger partial charge >= 0.3 is 30.3 Å². The fourth-order valence-corrected chi connectivity index (χ4v) is 5.31. The minimum Gasteiger partial charge on any atom is -0.475 e. The van der Waals surface area contributed by atoms with Crippen molar-refractivity contribution in [3.05, 3.63) is 89.1 Å². The van der Waals surface area contributed by atoms with E-state index in [2.05, 4.69) is 36.2 Å². The first kappa shape index (κ1) is 42.5. The second-order valence-electron chi connectivity index (χ2n) is 12.0. The van der Waals surface area contributed by atoms with Gasteiger partial charge in [-0.3, -0.25) is 9.78 Å². The number of nitrogens with one attached hydrogen (secondary N) is 4. The first-order valence-corrected chi connectivity index (χ1v) is 16.5. The Bertz CT molecular complexity index is 2050. The maximum absolute atomic E-state index is 13.5. The van der Waals surface area contributed by atoms with Gasteiger partial charge in [0.05, 0.1) is 18.1 Å². The number of hydrogen-bond acceptors (Lipinski definition) is 9. The summed E-state index contributed by atoms with van der Waals surface area (Å²) in [7, 11) is 0. The van der Waals surface area contributed by atoms with Gasteiger partial charge in [-0.25, -0.2) is 23.8 Å². The Balaban J connectivity index is 0.000000425. The number of nitrogens with zero attached hydrogens (tertiary/aromatic N) is 4. The highest BCUT2D eigenvalue weighted by Gasteiger charge is 2.39. The van der Waals surface area contributed by atoms with Gasteiger partial charge in [0, 0.05) is 42.8 Å². The average Bonchev–Trinajstić information content (AvgIpc) is 3.58. The molecule has 6 rings (SSSR count). The minimum atomic E-state index is -5.08. The second-order valence-corrected chi connectivity index (χ2v) is 12.4. The van der Waals surface area contributed by atoms with Gasteiger partial charge in [0.2, 0.25) is 11.9 Å². The van der Waals surface area contributed by atoms with Crippen molar-refractivity contribution in [1.29, 1.82) is 0 Å². The van der Waals surface area contributed by atoms with Crippen LogP contribution in [0.1, 0.15) is 24.0 Å². The summed E-state index contributed by atoms with van der Waals surface area (Å²) in [6.45, 7) is 0.976. The van der Waals surface area contributed by atoms with E-state index in [1.807, 2.05) is 30.5 Å².